The summed E-state index contributed by atoms with van der Waals surface area (Å²) in [5, 5.41) is 18.2. The standard InChI is InChI=1S/CH3BO3.2H3N/c1-5-2(3)4;;/h1H3;2*1H3/q-2;;/p+2. The predicted octanol–water partition coefficient (Wildman–Crippen LogP) is -1.91. The van der Waals surface area contributed by atoms with Crippen molar-refractivity contribution in [2.45, 2.75) is 0 Å². The Morgan fingerprint density at radius 3 is 1.43 bits per heavy atom. The second-order valence-corrected chi connectivity index (χ2v) is 0.524. The van der Waals surface area contributed by atoms with E-state index in [1.54, 1.807) is 0 Å². The van der Waals surface area contributed by atoms with Crippen LogP contribution in [0.1, 0.15) is 0 Å². The summed E-state index contributed by atoms with van der Waals surface area (Å²) in [4.78, 5) is 0. The highest BCUT2D eigenvalue weighted by molar-refractivity contribution is 6.28. The first-order chi connectivity index (χ1) is 2.27. The van der Waals surface area contributed by atoms with E-state index in [0.29, 0.717) is 0 Å². The summed E-state index contributed by atoms with van der Waals surface area (Å²) in [5.74, 6) is 0. The zero-order valence-corrected chi connectivity index (χ0v) is 4.80. The lowest BCUT2D eigenvalue weighted by atomic mass is 10.3. The Hall–Kier alpha value is -0.135. The maximum absolute atomic E-state index is 9.12. The third kappa shape index (κ3) is 25.2. The van der Waals surface area contributed by atoms with Crippen LogP contribution in [-0.2, 0) is 4.65 Å². The highest BCUT2D eigenvalue weighted by Gasteiger charge is 1.58. The number of quaternary nitrogens is 2. The molecule has 7 heavy (non-hydrogen) atoms. The Morgan fingerprint density at radius 2 is 1.43 bits per heavy atom. The smallest absolute Gasteiger partial charge is 0.0600 e. The molecule has 0 aromatic carbocycles. The van der Waals surface area contributed by atoms with Crippen LogP contribution < -0.4 is 22.3 Å². The van der Waals surface area contributed by atoms with E-state index < -0.39 is 7.32 Å². The third-order valence-corrected chi connectivity index (χ3v) is 0.192. The van der Waals surface area contributed by atoms with Gasteiger partial charge in [-0.05, 0) is 0 Å². The fourth-order valence-electron chi connectivity index (χ4n) is 0. The molecule has 6 heteroatoms. The molecule has 0 bridgehead atoms. The van der Waals surface area contributed by atoms with E-state index in [-0.39, 0.29) is 12.3 Å². The van der Waals surface area contributed by atoms with Crippen LogP contribution in [-0.4, -0.2) is 14.4 Å². The van der Waals surface area contributed by atoms with E-state index in [1.807, 2.05) is 0 Å². The molecule has 0 saturated carbocycles. The molecule has 0 atom stereocenters. The first kappa shape index (κ1) is 15.8. The summed E-state index contributed by atoms with van der Waals surface area (Å²) in [5.41, 5.74) is 0. The lowest BCUT2D eigenvalue weighted by Gasteiger charge is -2.21. The Balaban J connectivity index is -0.0000000800. The van der Waals surface area contributed by atoms with Gasteiger partial charge in [-0.15, -0.1) is 0 Å². The van der Waals surface area contributed by atoms with Gasteiger partial charge in [-0.1, -0.05) is 0 Å². The molecule has 5 nitrogen and oxygen atoms in total. The molecule has 0 heterocycles. The second kappa shape index (κ2) is 9.29. The third-order valence-electron chi connectivity index (χ3n) is 0.192. The van der Waals surface area contributed by atoms with Crippen LogP contribution >= 0.6 is 0 Å². The monoisotopic (exact) mass is 110 g/mol. The Labute approximate surface area is 42.6 Å². The molecule has 0 aromatic heterocycles. The molecular formula is CH11BN2O3. The Kier molecular flexibility index (Phi) is 21.0. The largest absolute Gasteiger partial charge is 0.871 e. The molecule has 0 aliphatic rings. The first-order valence-electron chi connectivity index (χ1n) is 1.12. The molecule has 0 spiro atoms. The maximum Gasteiger partial charge on any atom is 0.0600 e. The number of hydrogen-bond acceptors (Lipinski definition) is 3. The van der Waals surface area contributed by atoms with Crippen molar-refractivity contribution >= 4 is 7.32 Å². The van der Waals surface area contributed by atoms with Crippen molar-refractivity contribution in [3.63, 3.8) is 0 Å². The van der Waals surface area contributed by atoms with Crippen molar-refractivity contribution in [1.29, 1.82) is 0 Å². The highest BCUT2D eigenvalue weighted by atomic mass is 16.6. The van der Waals surface area contributed by atoms with Crippen molar-refractivity contribution in [2.24, 2.45) is 0 Å². The normalized spacial score (nSPS) is 5.57. The van der Waals surface area contributed by atoms with Crippen molar-refractivity contribution in [2.75, 3.05) is 7.11 Å². The molecule has 0 rings (SSSR count). The van der Waals surface area contributed by atoms with E-state index >= 15 is 0 Å². The van der Waals surface area contributed by atoms with Crippen molar-refractivity contribution in [3.05, 3.63) is 0 Å². The Morgan fingerprint density at radius 1 is 1.29 bits per heavy atom. The molecule has 0 aromatic rings. The van der Waals surface area contributed by atoms with E-state index in [1.165, 1.54) is 0 Å². The maximum atomic E-state index is 9.12. The second-order valence-electron chi connectivity index (χ2n) is 0.524. The highest BCUT2D eigenvalue weighted by Crippen LogP contribution is 1.46. The minimum atomic E-state index is -2.12. The van der Waals surface area contributed by atoms with Crippen LogP contribution in [0.15, 0.2) is 0 Å². The lowest BCUT2D eigenvalue weighted by Crippen LogP contribution is -2.46. The van der Waals surface area contributed by atoms with Gasteiger partial charge in [-0.3, -0.25) is 0 Å². The van der Waals surface area contributed by atoms with Gasteiger partial charge in [0.1, 0.15) is 0 Å². The minimum Gasteiger partial charge on any atom is -0.871 e. The van der Waals surface area contributed by atoms with E-state index in [9.17, 15) is 0 Å². The molecule has 0 radical (unpaired) electrons. The van der Waals surface area contributed by atoms with E-state index in [0.717, 1.165) is 7.11 Å². The van der Waals surface area contributed by atoms with Gasteiger partial charge in [0.05, 0.1) is 7.32 Å². The molecule has 8 N–H and O–H groups in total. The van der Waals surface area contributed by atoms with Gasteiger partial charge in [0.15, 0.2) is 0 Å². The molecular weight excluding hydrogens is 98.8 g/mol. The average Bonchev–Trinajstić information content (AvgIpc) is 1.38. The van der Waals surface area contributed by atoms with Crippen LogP contribution in [0.4, 0.5) is 0 Å². The van der Waals surface area contributed by atoms with Crippen molar-refractivity contribution < 1.29 is 14.7 Å². The van der Waals surface area contributed by atoms with Crippen LogP contribution in [0.5, 0.6) is 0 Å². The average molecular weight is 110 g/mol. The number of hydrogen-bond donors (Lipinski definition) is 2. The van der Waals surface area contributed by atoms with Crippen LogP contribution in [0.2, 0.25) is 0 Å². The van der Waals surface area contributed by atoms with Crippen LogP contribution in [0, 0.1) is 0 Å². The van der Waals surface area contributed by atoms with Crippen molar-refractivity contribution in [1.82, 2.24) is 12.3 Å². The first-order valence-corrected chi connectivity index (χ1v) is 1.12. The zero-order chi connectivity index (χ0) is 4.28. The SMILES string of the molecule is COB([O-])[O-].[NH4+].[NH4+]. The topological polar surface area (TPSA) is 128 Å². The molecule has 0 amide bonds. The fraction of sp³-hybridized carbons (Fsp3) is 1.00. The molecule has 0 aliphatic carbocycles. The summed E-state index contributed by atoms with van der Waals surface area (Å²) < 4.78 is 3.64. The molecule has 0 aliphatic heterocycles. The van der Waals surface area contributed by atoms with Gasteiger partial charge < -0.3 is 27.0 Å². The summed E-state index contributed by atoms with van der Waals surface area (Å²) in [6, 6.07) is 0. The predicted molar refractivity (Wildman–Crippen MR) is 24.7 cm³/mol. The van der Waals surface area contributed by atoms with E-state index in [4.69, 9.17) is 10.0 Å². The Bertz CT molecular complexity index is 26.9. The van der Waals surface area contributed by atoms with Gasteiger partial charge in [0.25, 0.3) is 0 Å². The molecule has 0 fully saturated rings. The zero-order valence-electron chi connectivity index (χ0n) is 4.80. The van der Waals surface area contributed by atoms with Gasteiger partial charge in [-0.2, -0.15) is 0 Å². The lowest BCUT2D eigenvalue weighted by molar-refractivity contribution is -0.379. The van der Waals surface area contributed by atoms with Gasteiger partial charge >= 0.3 is 0 Å². The summed E-state index contributed by atoms with van der Waals surface area (Å²) in [6.07, 6.45) is 0. The van der Waals surface area contributed by atoms with Crippen LogP contribution in [0.25, 0.3) is 0 Å². The summed E-state index contributed by atoms with van der Waals surface area (Å²) in [7, 11) is -1.04. The van der Waals surface area contributed by atoms with Gasteiger partial charge in [0, 0.05) is 7.11 Å². The fourth-order valence-corrected chi connectivity index (χ4v) is 0. The van der Waals surface area contributed by atoms with Crippen molar-refractivity contribution in [3.8, 4) is 0 Å². The summed E-state index contributed by atoms with van der Waals surface area (Å²) >= 11 is 0. The van der Waals surface area contributed by atoms with Gasteiger partial charge in [0.2, 0.25) is 0 Å². The van der Waals surface area contributed by atoms with E-state index in [2.05, 4.69) is 4.65 Å². The van der Waals surface area contributed by atoms with Gasteiger partial charge in [-0.25, -0.2) is 0 Å². The number of rotatable bonds is 1. The molecule has 46 valence electrons. The molecule has 0 unspecified atom stereocenters. The van der Waals surface area contributed by atoms with Crippen LogP contribution in [0.3, 0.4) is 0 Å². The quantitative estimate of drug-likeness (QED) is 0.382. The molecule has 0 saturated heterocycles. The summed E-state index contributed by atoms with van der Waals surface area (Å²) in [6.45, 7) is 0. The minimum absolute atomic E-state index is 0.